The summed E-state index contributed by atoms with van der Waals surface area (Å²) in [7, 11) is 0. The minimum absolute atomic E-state index is 0.0420. The van der Waals surface area contributed by atoms with Gasteiger partial charge in [-0.25, -0.2) is 0 Å². The predicted molar refractivity (Wildman–Crippen MR) is 64.5 cm³/mol. The highest BCUT2D eigenvalue weighted by Gasteiger charge is 2.14. The molecule has 1 unspecified atom stereocenters. The standard InChI is InChI=1S/C13H22O4/c1-3-12(17-11(2)14)7-6-10-16-13-8-4-5-9-15-13/h3,12-13H,1,4-10H2,2H3/t12-,13?/m0/s1. The Labute approximate surface area is 103 Å². The van der Waals surface area contributed by atoms with Crippen LogP contribution in [0.1, 0.15) is 39.0 Å². The van der Waals surface area contributed by atoms with Gasteiger partial charge < -0.3 is 14.2 Å². The second-order valence-corrected chi connectivity index (χ2v) is 4.19. The van der Waals surface area contributed by atoms with Gasteiger partial charge in [-0.2, -0.15) is 0 Å². The average molecular weight is 242 g/mol. The Bertz CT molecular complexity index is 234. The van der Waals surface area contributed by atoms with Gasteiger partial charge in [0.1, 0.15) is 6.10 Å². The van der Waals surface area contributed by atoms with Crippen LogP contribution in [0.25, 0.3) is 0 Å². The van der Waals surface area contributed by atoms with E-state index in [4.69, 9.17) is 14.2 Å². The SMILES string of the molecule is C=C[C@@H](CCCOC1CCCCO1)OC(C)=O. The second-order valence-electron chi connectivity index (χ2n) is 4.19. The van der Waals surface area contributed by atoms with Crippen LogP contribution in [0.4, 0.5) is 0 Å². The van der Waals surface area contributed by atoms with E-state index >= 15 is 0 Å². The Balaban J connectivity index is 2.05. The summed E-state index contributed by atoms with van der Waals surface area (Å²) in [4.78, 5) is 10.8. The van der Waals surface area contributed by atoms with Crippen molar-refractivity contribution < 1.29 is 19.0 Å². The minimum atomic E-state index is -0.272. The van der Waals surface area contributed by atoms with Gasteiger partial charge in [-0.3, -0.25) is 4.79 Å². The summed E-state index contributed by atoms with van der Waals surface area (Å²) in [5.74, 6) is -0.272. The van der Waals surface area contributed by atoms with Crippen molar-refractivity contribution in [2.24, 2.45) is 0 Å². The highest BCUT2D eigenvalue weighted by molar-refractivity contribution is 5.66. The summed E-state index contributed by atoms with van der Waals surface area (Å²) in [6, 6.07) is 0. The number of ether oxygens (including phenoxy) is 3. The molecule has 4 heteroatoms. The Morgan fingerprint density at radius 3 is 3.00 bits per heavy atom. The van der Waals surface area contributed by atoms with Crippen LogP contribution in [0.5, 0.6) is 0 Å². The van der Waals surface area contributed by atoms with Crippen LogP contribution in [0.2, 0.25) is 0 Å². The molecular formula is C13H22O4. The number of carbonyl (C=O) groups is 1. The lowest BCUT2D eigenvalue weighted by atomic mass is 10.2. The first-order chi connectivity index (χ1) is 8.22. The molecule has 0 aromatic heterocycles. The second kappa shape index (κ2) is 8.25. The van der Waals surface area contributed by atoms with Crippen LogP contribution in [0.3, 0.4) is 0 Å². The largest absolute Gasteiger partial charge is 0.458 e. The zero-order valence-electron chi connectivity index (χ0n) is 10.5. The van der Waals surface area contributed by atoms with E-state index in [9.17, 15) is 4.79 Å². The van der Waals surface area contributed by atoms with Gasteiger partial charge in [-0.15, -0.1) is 0 Å². The van der Waals surface area contributed by atoms with Crippen LogP contribution >= 0.6 is 0 Å². The van der Waals surface area contributed by atoms with Gasteiger partial charge in [0.25, 0.3) is 0 Å². The highest BCUT2D eigenvalue weighted by Crippen LogP contribution is 2.14. The van der Waals surface area contributed by atoms with Crippen molar-refractivity contribution in [3.8, 4) is 0 Å². The van der Waals surface area contributed by atoms with E-state index in [0.29, 0.717) is 6.61 Å². The molecule has 0 bridgehead atoms. The summed E-state index contributed by atoms with van der Waals surface area (Å²) < 4.78 is 16.1. The average Bonchev–Trinajstić information content (AvgIpc) is 2.34. The molecule has 0 spiro atoms. The first-order valence-corrected chi connectivity index (χ1v) is 6.25. The van der Waals surface area contributed by atoms with Crippen molar-refractivity contribution in [2.75, 3.05) is 13.2 Å². The lowest BCUT2D eigenvalue weighted by Crippen LogP contribution is -2.23. The van der Waals surface area contributed by atoms with Gasteiger partial charge in [0, 0.05) is 20.1 Å². The van der Waals surface area contributed by atoms with Gasteiger partial charge >= 0.3 is 5.97 Å². The van der Waals surface area contributed by atoms with Gasteiger partial charge in [0.2, 0.25) is 0 Å². The zero-order valence-corrected chi connectivity index (χ0v) is 10.5. The normalized spacial score (nSPS) is 21.8. The Kier molecular flexibility index (Phi) is 6.89. The maximum absolute atomic E-state index is 10.8. The molecule has 1 saturated heterocycles. The van der Waals surface area contributed by atoms with Crippen molar-refractivity contribution in [2.45, 2.75) is 51.4 Å². The molecule has 2 atom stereocenters. The third-order valence-corrected chi connectivity index (χ3v) is 2.65. The van der Waals surface area contributed by atoms with Gasteiger partial charge in [0.05, 0.1) is 0 Å². The van der Waals surface area contributed by atoms with E-state index in [1.807, 2.05) is 0 Å². The molecule has 1 heterocycles. The molecule has 0 aliphatic carbocycles. The molecule has 1 aliphatic rings. The minimum Gasteiger partial charge on any atom is -0.458 e. The zero-order chi connectivity index (χ0) is 12.5. The predicted octanol–water partition coefficient (Wildman–Crippen LogP) is 2.43. The molecule has 0 amide bonds. The van der Waals surface area contributed by atoms with E-state index in [1.165, 1.54) is 13.3 Å². The van der Waals surface area contributed by atoms with Crippen molar-refractivity contribution >= 4 is 5.97 Å². The number of hydrogen-bond acceptors (Lipinski definition) is 4. The molecule has 0 N–H and O–H groups in total. The number of hydrogen-bond donors (Lipinski definition) is 0. The molecule has 1 rings (SSSR count). The third kappa shape index (κ3) is 6.44. The number of carbonyl (C=O) groups excluding carboxylic acids is 1. The van der Waals surface area contributed by atoms with Crippen LogP contribution in [0, 0.1) is 0 Å². The van der Waals surface area contributed by atoms with E-state index in [0.717, 1.165) is 32.3 Å². The molecule has 0 radical (unpaired) electrons. The molecule has 0 aromatic rings. The summed E-state index contributed by atoms with van der Waals surface area (Å²) >= 11 is 0. The van der Waals surface area contributed by atoms with E-state index in [2.05, 4.69) is 6.58 Å². The van der Waals surface area contributed by atoms with Crippen LogP contribution in [0.15, 0.2) is 12.7 Å². The maximum atomic E-state index is 10.8. The first-order valence-electron chi connectivity index (χ1n) is 6.25. The third-order valence-electron chi connectivity index (χ3n) is 2.65. The number of esters is 1. The fraction of sp³-hybridized carbons (Fsp3) is 0.769. The highest BCUT2D eigenvalue weighted by atomic mass is 16.7. The fourth-order valence-electron chi connectivity index (χ4n) is 1.78. The molecule has 0 saturated carbocycles. The fourth-order valence-corrected chi connectivity index (χ4v) is 1.78. The van der Waals surface area contributed by atoms with Crippen molar-refractivity contribution in [1.82, 2.24) is 0 Å². The molecule has 4 nitrogen and oxygen atoms in total. The summed E-state index contributed by atoms with van der Waals surface area (Å²) in [6.45, 7) is 6.48. The molecule has 17 heavy (non-hydrogen) atoms. The molecular weight excluding hydrogens is 220 g/mol. The quantitative estimate of drug-likeness (QED) is 0.391. The van der Waals surface area contributed by atoms with Crippen molar-refractivity contribution in [3.05, 3.63) is 12.7 Å². The Morgan fingerprint density at radius 1 is 1.59 bits per heavy atom. The molecule has 98 valence electrons. The van der Waals surface area contributed by atoms with Crippen molar-refractivity contribution in [3.63, 3.8) is 0 Å². The molecule has 0 aromatic carbocycles. The number of rotatable bonds is 7. The van der Waals surface area contributed by atoms with E-state index in [-0.39, 0.29) is 18.4 Å². The monoisotopic (exact) mass is 242 g/mol. The van der Waals surface area contributed by atoms with Crippen molar-refractivity contribution in [1.29, 1.82) is 0 Å². The Hall–Kier alpha value is -0.870. The van der Waals surface area contributed by atoms with E-state index in [1.54, 1.807) is 6.08 Å². The molecule has 1 aliphatic heterocycles. The summed E-state index contributed by atoms with van der Waals surface area (Å²) in [6.07, 6.45) is 6.27. The topological polar surface area (TPSA) is 44.8 Å². The van der Waals surface area contributed by atoms with Gasteiger partial charge in [-0.05, 0) is 32.1 Å². The maximum Gasteiger partial charge on any atom is 0.303 e. The van der Waals surface area contributed by atoms with Crippen LogP contribution < -0.4 is 0 Å². The van der Waals surface area contributed by atoms with Crippen LogP contribution in [-0.4, -0.2) is 31.6 Å². The summed E-state index contributed by atoms with van der Waals surface area (Å²) in [5, 5.41) is 0. The van der Waals surface area contributed by atoms with E-state index < -0.39 is 0 Å². The van der Waals surface area contributed by atoms with Crippen LogP contribution in [-0.2, 0) is 19.0 Å². The van der Waals surface area contributed by atoms with Gasteiger partial charge in [0.15, 0.2) is 6.29 Å². The van der Waals surface area contributed by atoms with Gasteiger partial charge in [-0.1, -0.05) is 12.7 Å². The Morgan fingerprint density at radius 2 is 2.41 bits per heavy atom. The first kappa shape index (κ1) is 14.2. The smallest absolute Gasteiger partial charge is 0.303 e. The summed E-state index contributed by atoms with van der Waals surface area (Å²) in [5.41, 5.74) is 0. The lowest BCUT2D eigenvalue weighted by molar-refractivity contribution is -0.164. The molecule has 1 fully saturated rings. The lowest BCUT2D eigenvalue weighted by Gasteiger charge is -2.22.